The molecule has 1 N–H and O–H groups in total. The minimum absolute atomic E-state index is 0.377. The minimum Gasteiger partial charge on any atom is -0.479 e. The highest BCUT2D eigenvalue weighted by Gasteiger charge is 2.31. The van der Waals surface area contributed by atoms with Gasteiger partial charge in [-0.05, 0) is 36.8 Å². The number of alkyl halides is 3. The van der Waals surface area contributed by atoms with Gasteiger partial charge in [0, 0.05) is 12.7 Å². The number of benzene rings is 1. The lowest BCUT2D eigenvalue weighted by atomic mass is 10.0. The van der Waals surface area contributed by atoms with Crippen LogP contribution < -0.4 is 10.1 Å². The third kappa shape index (κ3) is 3.95. The van der Waals surface area contributed by atoms with Crippen LogP contribution in [0.2, 0.25) is 0 Å². The molecule has 0 unspecified atom stereocenters. The maximum atomic E-state index is 12.9. The van der Waals surface area contributed by atoms with Crippen molar-refractivity contribution in [1.82, 2.24) is 34.6 Å². The molecule has 0 saturated heterocycles. The van der Waals surface area contributed by atoms with Crippen LogP contribution in [0.4, 0.5) is 13.2 Å². The van der Waals surface area contributed by atoms with Crippen LogP contribution >= 0.6 is 0 Å². The number of methoxy groups -OCH3 is 1. The molecule has 4 heterocycles. The van der Waals surface area contributed by atoms with E-state index >= 15 is 0 Å². The topological polar surface area (TPSA) is 82.7 Å². The fraction of sp³-hybridized carbons (Fsp3) is 0.273. The number of aromatic nitrogens is 6. The number of halogens is 3. The predicted octanol–water partition coefficient (Wildman–Crippen LogP) is 3.55. The molecule has 33 heavy (non-hydrogen) atoms. The fourth-order valence-electron chi connectivity index (χ4n) is 3.84. The van der Waals surface area contributed by atoms with Crippen LogP contribution in [0.5, 0.6) is 5.88 Å². The fourth-order valence-corrected chi connectivity index (χ4v) is 3.84. The van der Waals surface area contributed by atoms with Gasteiger partial charge in [0.1, 0.15) is 17.2 Å². The number of rotatable bonds is 4. The van der Waals surface area contributed by atoms with E-state index in [2.05, 4.69) is 25.4 Å². The standard InChI is InChI=1S/C22H20F3N7O/c1-13-11-31(12-27-13)17-8-7-16(28-21(17)33-2)19-29-20-18(26-9-10-32(20)30-19)14-3-5-15(6-4-14)22(23,24)25/h3-8,11-12,18,26H,9-10H2,1-2H3/t18-/m0/s1. The summed E-state index contributed by atoms with van der Waals surface area (Å²) in [5, 5.41) is 7.89. The van der Waals surface area contributed by atoms with Gasteiger partial charge in [-0.1, -0.05) is 12.1 Å². The van der Waals surface area contributed by atoms with Gasteiger partial charge in [-0.15, -0.1) is 5.10 Å². The lowest BCUT2D eigenvalue weighted by Gasteiger charge is -2.24. The molecule has 0 aliphatic carbocycles. The average Bonchev–Trinajstić information content (AvgIpc) is 3.44. The second kappa shape index (κ2) is 8.00. The van der Waals surface area contributed by atoms with Gasteiger partial charge >= 0.3 is 6.18 Å². The first kappa shape index (κ1) is 21.1. The van der Waals surface area contributed by atoms with E-state index in [4.69, 9.17) is 4.74 Å². The van der Waals surface area contributed by atoms with Gasteiger partial charge < -0.3 is 14.6 Å². The smallest absolute Gasteiger partial charge is 0.416 e. The molecule has 0 fully saturated rings. The molecule has 0 spiro atoms. The van der Waals surface area contributed by atoms with Crippen LogP contribution in [0.3, 0.4) is 0 Å². The molecule has 170 valence electrons. The molecule has 3 aromatic heterocycles. The number of nitrogens with zero attached hydrogens (tertiary/aromatic N) is 6. The first-order chi connectivity index (χ1) is 15.8. The second-order valence-corrected chi connectivity index (χ2v) is 7.67. The molecular formula is C22H20F3N7O. The second-order valence-electron chi connectivity index (χ2n) is 7.67. The van der Waals surface area contributed by atoms with Crippen LogP contribution in [0.1, 0.15) is 28.7 Å². The number of ether oxygens (including phenoxy) is 1. The number of nitrogens with one attached hydrogen (secondary N) is 1. The number of hydrogen-bond acceptors (Lipinski definition) is 6. The highest BCUT2D eigenvalue weighted by Crippen LogP contribution is 2.32. The Labute approximate surface area is 187 Å². The van der Waals surface area contributed by atoms with Crippen molar-refractivity contribution in [1.29, 1.82) is 0 Å². The number of fused-ring (bicyclic) bond motifs is 1. The Hall–Kier alpha value is -3.73. The highest BCUT2D eigenvalue weighted by atomic mass is 19.4. The third-order valence-corrected chi connectivity index (χ3v) is 5.45. The van der Waals surface area contributed by atoms with E-state index in [-0.39, 0.29) is 6.04 Å². The molecule has 1 aliphatic heterocycles. The summed E-state index contributed by atoms with van der Waals surface area (Å²) in [6.07, 6.45) is -0.826. The SMILES string of the molecule is COc1nc(-c2nc3n(n2)CCN[C@H]3c2ccc(C(F)(F)F)cc2)ccc1-n1cnc(C)c1. The molecule has 1 atom stereocenters. The van der Waals surface area contributed by atoms with Gasteiger partial charge in [0.2, 0.25) is 5.88 Å². The molecule has 0 saturated carbocycles. The van der Waals surface area contributed by atoms with Crippen LogP contribution in [0.15, 0.2) is 48.9 Å². The third-order valence-electron chi connectivity index (χ3n) is 5.45. The van der Waals surface area contributed by atoms with E-state index in [0.29, 0.717) is 41.9 Å². The van der Waals surface area contributed by atoms with E-state index in [1.54, 1.807) is 17.1 Å². The summed E-state index contributed by atoms with van der Waals surface area (Å²) < 4.78 is 47.8. The van der Waals surface area contributed by atoms with Gasteiger partial charge in [-0.3, -0.25) is 0 Å². The van der Waals surface area contributed by atoms with Crippen molar-refractivity contribution in [2.45, 2.75) is 25.7 Å². The van der Waals surface area contributed by atoms with Crippen LogP contribution in [-0.2, 0) is 12.7 Å². The number of pyridine rings is 1. The van der Waals surface area contributed by atoms with E-state index < -0.39 is 11.7 Å². The molecule has 0 radical (unpaired) electrons. The van der Waals surface area contributed by atoms with E-state index in [9.17, 15) is 13.2 Å². The van der Waals surface area contributed by atoms with Gasteiger partial charge in [0.15, 0.2) is 5.82 Å². The molecule has 4 aromatic rings. The first-order valence-corrected chi connectivity index (χ1v) is 10.2. The van der Waals surface area contributed by atoms with E-state index in [1.807, 2.05) is 23.8 Å². The van der Waals surface area contributed by atoms with Crippen molar-refractivity contribution in [2.24, 2.45) is 0 Å². The van der Waals surface area contributed by atoms with Gasteiger partial charge in [-0.2, -0.15) is 13.2 Å². The zero-order valence-electron chi connectivity index (χ0n) is 17.8. The monoisotopic (exact) mass is 455 g/mol. The largest absolute Gasteiger partial charge is 0.479 e. The minimum atomic E-state index is -4.38. The van der Waals surface area contributed by atoms with Crippen LogP contribution in [0.25, 0.3) is 17.2 Å². The van der Waals surface area contributed by atoms with Crippen molar-refractivity contribution >= 4 is 0 Å². The summed E-state index contributed by atoms with van der Waals surface area (Å²) in [6.45, 7) is 3.09. The number of hydrogen-bond donors (Lipinski definition) is 1. The van der Waals surface area contributed by atoms with Crippen molar-refractivity contribution in [3.05, 3.63) is 71.6 Å². The summed E-state index contributed by atoms with van der Waals surface area (Å²) in [4.78, 5) is 13.5. The van der Waals surface area contributed by atoms with Gasteiger partial charge in [0.05, 0.1) is 37.3 Å². The zero-order chi connectivity index (χ0) is 23.2. The molecule has 5 rings (SSSR count). The highest BCUT2D eigenvalue weighted by molar-refractivity contribution is 5.55. The predicted molar refractivity (Wildman–Crippen MR) is 113 cm³/mol. The lowest BCUT2D eigenvalue weighted by Crippen LogP contribution is -2.34. The maximum absolute atomic E-state index is 12.9. The zero-order valence-corrected chi connectivity index (χ0v) is 17.8. The molecule has 1 aromatic carbocycles. The molecule has 11 heteroatoms. The van der Waals surface area contributed by atoms with Crippen molar-refractivity contribution in [3.8, 4) is 23.1 Å². The van der Waals surface area contributed by atoms with Crippen LogP contribution in [0, 0.1) is 6.92 Å². The average molecular weight is 455 g/mol. The molecule has 0 amide bonds. The summed E-state index contributed by atoms with van der Waals surface area (Å²) in [7, 11) is 1.54. The summed E-state index contributed by atoms with van der Waals surface area (Å²) in [5.41, 5.74) is 2.12. The Balaban J connectivity index is 1.48. The van der Waals surface area contributed by atoms with Crippen molar-refractivity contribution in [2.75, 3.05) is 13.7 Å². The number of imidazole rings is 1. The molecule has 8 nitrogen and oxygen atoms in total. The Bertz CT molecular complexity index is 1290. The Morgan fingerprint density at radius 1 is 1.09 bits per heavy atom. The Morgan fingerprint density at radius 2 is 1.88 bits per heavy atom. The van der Waals surface area contributed by atoms with Gasteiger partial charge in [0.25, 0.3) is 0 Å². The molecule has 0 bridgehead atoms. The first-order valence-electron chi connectivity index (χ1n) is 10.2. The normalized spacial score (nSPS) is 16.0. The lowest BCUT2D eigenvalue weighted by molar-refractivity contribution is -0.137. The van der Waals surface area contributed by atoms with Crippen molar-refractivity contribution < 1.29 is 17.9 Å². The van der Waals surface area contributed by atoms with E-state index in [1.165, 1.54) is 19.2 Å². The number of aryl methyl sites for hydroxylation is 1. The molecular weight excluding hydrogens is 435 g/mol. The summed E-state index contributed by atoms with van der Waals surface area (Å²) in [5.74, 6) is 1.43. The summed E-state index contributed by atoms with van der Waals surface area (Å²) >= 11 is 0. The quantitative estimate of drug-likeness (QED) is 0.507. The van der Waals surface area contributed by atoms with Crippen molar-refractivity contribution in [3.63, 3.8) is 0 Å². The van der Waals surface area contributed by atoms with E-state index in [0.717, 1.165) is 23.5 Å². The molecule has 1 aliphatic rings. The maximum Gasteiger partial charge on any atom is 0.416 e. The van der Waals surface area contributed by atoms with Crippen LogP contribution in [-0.4, -0.2) is 43.0 Å². The van der Waals surface area contributed by atoms with Gasteiger partial charge in [-0.25, -0.2) is 19.6 Å². The Kier molecular flexibility index (Phi) is 5.12. The summed E-state index contributed by atoms with van der Waals surface area (Å²) in [6, 6.07) is 8.37. The Morgan fingerprint density at radius 3 is 2.55 bits per heavy atom.